The molecule has 0 saturated heterocycles. The van der Waals surface area contributed by atoms with Gasteiger partial charge >= 0.3 is 5.97 Å². The van der Waals surface area contributed by atoms with Crippen LogP contribution in [0.2, 0.25) is 5.02 Å². The van der Waals surface area contributed by atoms with Crippen LogP contribution >= 0.6 is 11.6 Å². The normalized spacial score (nSPS) is 12.2. The van der Waals surface area contributed by atoms with Crippen molar-refractivity contribution in [1.29, 1.82) is 0 Å². The van der Waals surface area contributed by atoms with E-state index in [1.54, 1.807) is 30.3 Å². The van der Waals surface area contributed by atoms with E-state index in [9.17, 15) is 9.59 Å². The second-order valence-electron chi connectivity index (χ2n) is 5.83. The fraction of sp³-hybridized carbons (Fsp3) is 0.353. The first-order valence-corrected chi connectivity index (χ1v) is 7.96. The molecule has 1 aromatic heterocycles. The first kappa shape index (κ1) is 18.0. The molecule has 7 heteroatoms. The van der Waals surface area contributed by atoms with Crippen molar-refractivity contribution in [3.8, 4) is 0 Å². The zero-order valence-electron chi connectivity index (χ0n) is 13.5. The maximum Gasteiger partial charge on any atom is 0.304 e. The molecule has 0 fully saturated rings. The van der Waals surface area contributed by atoms with E-state index >= 15 is 0 Å². The largest absolute Gasteiger partial charge is 0.481 e. The summed E-state index contributed by atoms with van der Waals surface area (Å²) in [7, 11) is 0. The van der Waals surface area contributed by atoms with Crippen LogP contribution in [0.15, 0.2) is 34.9 Å². The summed E-state index contributed by atoms with van der Waals surface area (Å²) >= 11 is 5.85. The van der Waals surface area contributed by atoms with Crippen LogP contribution in [0.3, 0.4) is 0 Å². The second-order valence-corrected chi connectivity index (χ2v) is 6.26. The minimum atomic E-state index is -0.937. The number of nitrogens with zero attached hydrogens (tertiary/aromatic N) is 1. The van der Waals surface area contributed by atoms with Crippen molar-refractivity contribution in [2.24, 2.45) is 0 Å². The van der Waals surface area contributed by atoms with Crippen LogP contribution in [0.4, 0.5) is 0 Å². The summed E-state index contributed by atoms with van der Waals surface area (Å²) < 4.78 is 5.10. The number of carboxylic acids is 1. The molecule has 1 amide bonds. The number of benzene rings is 1. The number of hydrogen-bond acceptors (Lipinski definition) is 4. The summed E-state index contributed by atoms with van der Waals surface area (Å²) in [5, 5.41) is 16.1. The maximum atomic E-state index is 12.2. The van der Waals surface area contributed by atoms with Crippen molar-refractivity contribution < 1.29 is 19.2 Å². The van der Waals surface area contributed by atoms with Gasteiger partial charge in [-0.05, 0) is 17.7 Å². The molecular weight excluding hydrogens is 332 g/mol. The van der Waals surface area contributed by atoms with Gasteiger partial charge in [0.25, 0.3) is 5.91 Å². The average molecular weight is 351 g/mol. The first-order chi connectivity index (χ1) is 11.4. The molecule has 0 spiro atoms. The lowest BCUT2D eigenvalue weighted by molar-refractivity contribution is -0.137. The van der Waals surface area contributed by atoms with Crippen LogP contribution in [-0.4, -0.2) is 28.7 Å². The Kier molecular flexibility index (Phi) is 5.98. The van der Waals surface area contributed by atoms with E-state index in [-0.39, 0.29) is 30.5 Å². The molecule has 0 radical (unpaired) electrons. The number of nitrogens with one attached hydrogen (secondary N) is 1. The van der Waals surface area contributed by atoms with Crippen LogP contribution in [0.1, 0.15) is 53.9 Å². The molecule has 2 N–H and O–H groups in total. The van der Waals surface area contributed by atoms with Gasteiger partial charge in [0.15, 0.2) is 5.69 Å². The van der Waals surface area contributed by atoms with Crippen molar-refractivity contribution in [3.05, 3.63) is 52.4 Å². The molecule has 6 nitrogen and oxygen atoms in total. The van der Waals surface area contributed by atoms with E-state index in [0.29, 0.717) is 10.8 Å². The highest BCUT2D eigenvalue weighted by Crippen LogP contribution is 2.21. The summed E-state index contributed by atoms with van der Waals surface area (Å²) in [6, 6.07) is 8.50. The van der Waals surface area contributed by atoms with Crippen molar-refractivity contribution in [2.45, 2.75) is 32.1 Å². The van der Waals surface area contributed by atoms with Crippen molar-refractivity contribution in [2.75, 3.05) is 6.54 Å². The molecule has 1 heterocycles. The van der Waals surface area contributed by atoms with Gasteiger partial charge in [-0.3, -0.25) is 9.59 Å². The summed E-state index contributed by atoms with van der Waals surface area (Å²) in [4.78, 5) is 23.2. The number of halogens is 1. The zero-order valence-corrected chi connectivity index (χ0v) is 14.2. The molecule has 0 aliphatic carbocycles. The quantitative estimate of drug-likeness (QED) is 0.798. The fourth-order valence-electron chi connectivity index (χ4n) is 2.23. The number of rotatable bonds is 7. The fourth-order valence-corrected chi connectivity index (χ4v) is 2.35. The third-order valence-electron chi connectivity index (χ3n) is 3.60. The number of carbonyl (C=O) groups excluding carboxylic acids is 1. The predicted octanol–water partition coefficient (Wildman–Crippen LogP) is 3.44. The second kappa shape index (κ2) is 7.97. The minimum Gasteiger partial charge on any atom is -0.481 e. The molecule has 1 aromatic carbocycles. The minimum absolute atomic E-state index is 0.0992. The Morgan fingerprint density at radius 1 is 1.29 bits per heavy atom. The van der Waals surface area contributed by atoms with E-state index in [4.69, 9.17) is 21.2 Å². The monoisotopic (exact) mass is 350 g/mol. The van der Waals surface area contributed by atoms with Crippen LogP contribution in [0.25, 0.3) is 0 Å². The van der Waals surface area contributed by atoms with Crippen LogP contribution in [-0.2, 0) is 4.79 Å². The molecule has 1 atom stereocenters. The van der Waals surface area contributed by atoms with E-state index < -0.39 is 11.9 Å². The van der Waals surface area contributed by atoms with E-state index in [0.717, 1.165) is 5.56 Å². The number of aliphatic carboxylic acids is 1. The predicted molar refractivity (Wildman–Crippen MR) is 89.4 cm³/mol. The van der Waals surface area contributed by atoms with Crippen molar-refractivity contribution in [1.82, 2.24) is 10.5 Å². The molecular formula is C17H19ClN2O4. The Bertz CT molecular complexity index is 710. The van der Waals surface area contributed by atoms with E-state index in [2.05, 4.69) is 10.5 Å². The summed E-state index contributed by atoms with van der Waals surface area (Å²) in [6.07, 6.45) is -0.0992. The first-order valence-electron chi connectivity index (χ1n) is 7.59. The molecule has 0 saturated carbocycles. The topological polar surface area (TPSA) is 92.4 Å². The van der Waals surface area contributed by atoms with Gasteiger partial charge < -0.3 is 14.9 Å². The molecule has 2 aromatic rings. The molecule has 0 aliphatic heterocycles. The molecule has 1 unspecified atom stereocenters. The van der Waals surface area contributed by atoms with Gasteiger partial charge in [0.1, 0.15) is 5.76 Å². The Labute approximate surface area is 144 Å². The van der Waals surface area contributed by atoms with Gasteiger partial charge in [0.05, 0.1) is 6.42 Å². The Morgan fingerprint density at radius 3 is 2.50 bits per heavy atom. The highest BCUT2D eigenvalue weighted by molar-refractivity contribution is 6.30. The van der Waals surface area contributed by atoms with Crippen molar-refractivity contribution in [3.63, 3.8) is 0 Å². The van der Waals surface area contributed by atoms with Gasteiger partial charge in [-0.15, -0.1) is 0 Å². The number of amides is 1. The van der Waals surface area contributed by atoms with E-state index in [1.807, 2.05) is 13.8 Å². The van der Waals surface area contributed by atoms with E-state index in [1.165, 1.54) is 0 Å². The molecule has 128 valence electrons. The molecule has 0 aliphatic rings. The molecule has 0 bridgehead atoms. The highest BCUT2D eigenvalue weighted by Gasteiger charge is 2.19. The van der Waals surface area contributed by atoms with Crippen LogP contribution in [0.5, 0.6) is 0 Å². The lowest BCUT2D eigenvalue weighted by Gasteiger charge is -2.16. The van der Waals surface area contributed by atoms with Gasteiger partial charge in [0, 0.05) is 29.5 Å². The third-order valence-corrected chi connectivity index (χ3v) is 3.85. The number of hydrogen-bond donors (Lipinski definition) is 2. The smallest absolute Gasteiger partial charge is 0.304 e. The summed E-state index contributed by atoms with van der Waals surface area (Å²) in [5.41, 5.74) is 0.981. The standard InChI is InChI=1S/C17H19ClN2O4/c1-10(2)15-8-14(20-24-15)17(23)19-9-12(7-16(21)22)11-3-5-13(18)6-4-11/h3-6,8,10,12H,7,9H2,1-2H3,(H,19,23)(H,21,22). The molecule has 24 heavy (non-hydrogen) atoms. The van der Waals surface area contributed by atoms with Crippen molar-refractivity contribution >= 4 is 23.5 Å². The van der Waals surface area contributed by atoms with Gasteiger partial charge in [-0.2, -0.15) is 0 Å². The van der Waals surface area contributed by atoms with Gasteiger partial charge in [-0.25, -0.2) is 0 Å². The Morgan fingerprint density at radius 2 is 1.96 bits per heavy atom. The average Bonchev–Trinajstić information content (AvgIpc) is 3.02. The molecule has 2 rings (SSSR count). The Hall–Kier alpha value is -2.34. The number of carbonyl (C=O) groups is 2. The zero-order chi connectivity index (χ0) is 17.7. The summed E-state index contributed by atoms with van der Waals surface area (Å²) in [6.45, 7) is 4.05. The van der Waals surface area contributed by atoms with Gasteiger partial charge in [0.2, 0.25) is 0 Å². The lowest BCUT2D eigenvalue weighted by Crippen LogP contribution is -2.29. The maximum absolute atomic E-state index is 12.2. The summed E-state index contributed by atoms with van der Waals surface area (Å²) in [5.74, 6) is -0.935. The SMILES string of the molecule is CC(C)c1cc(C(=O)NCC(CC(=O)O)c2ccc(Cl)cc2)no1. The van der Waals surface area contributed by atoms with Crippen LogP contribution in [0, 0.1) is 0 Å². The number of carboxylic acid groups (broad SMARTS) is 1. The third kappa shape index (κ3) is 4.83. The Balaban J connectivity index is 2.04. The number of aromatic nitrogens is 1. The lowest BCUT2D eigenvalue weighted by atomic mass is 9.95. The van der Waals surface area contributed by atoms with Crippen LogP contribution < -0.4 is 5.32 Å². The van der Waals surface area contributed by atoms with Gasteiger partial charge in [-0.1, -0.05) is 42.7 Å². The highest BCUT2D eigenvalue weighted by atomic mass is 35.5.